The molecule has 1 atom stereocenters. The minimum atomic E-state index is -4.32. The lowest BCUT2D eigenvalue weighted by Gasteiger charge is -2.33. The van der Waals surface area contributed by atoms with Crippen molar-refractivity contribution in [3.63, 3.8) is 0 Å². The number of esters is 1. The zero-order valence-corrected chi connectivity index (χ0v) is 15.2. The van der Waals surface area contributed by atoms with Crippen molar-refractivity contribution in [2.24, 2.45) is 5.92 Å². The lowest BCUT2D eigenvalue weighted by molar-refractivity contribution is -0.188. The van der Waals surface area contributed by atoms with Gasteiger partial charge in [-0.3, -0.25) is 4.79 Å². The Morgan fingerprint density at radius 2 is 2.00 bits per heavy atom. The van der Waals surface area contributed by atoms with E-state index in [1.807, 2.05) is 26.0 Å². The third-order valence-electron chi connectivity index (χ3n) is 4.87. The van der Waals surface area contributed by atoms with E-state index in [4.69, 9.17) is 4.74 Å². The molecular weight excluding hydrogens is 361 g/mol. The van der Waals surface area contributed by atoms with Gasteiger partial charge in [0.2, 0.25) is 0 Å². The van der Waals surface area contributed by atoms with E-state index >= 15 is 0 Å². The number of halogens is 3. The van der Waals surface area contributed by atoms with E-state index in [-0.39, 0.29) is 31.6 Å². The molecule has 1 amide bonds. The number of amides is 1. The summed E-state index contributed by atoms with van der Waals surface area (Å²) in [5.41, 5.74) is 3.04. The average Bonchev–Trinajstić information content (AvgIpc) is 3.03. The van der Waals surface area contributed by atoms with E-state index in [1.54, 1.807) is 6.07 Å². The number of aryl methyl sites for hydroxylation is 2. The molecule has 1 saturated heterocycles. The molecule has 5 nitrogen and oxygen atoms in total. The molecule has 27 heavy (non-hydrogen) atoms. The van der Waals surface area contributed by atoms with Crippen LogP contribution in [0.1, 0.15) is 34.5 Å². The van der Waals surface area contributed by atoms with Crippen LogP contribution in [-0.4, -0.2) is 47.6 Å². The summed E-state index contributed by atoms with van der Waals surface area (Å²) >= 11 is 0. The van der Waals surface area contributed by atoms with Gasteiger partial charge in [0.25, 0.3) is 5.91 Å². The van der Waals surface area contributed by atoms with Crippen molar-refractivity contribution in [1.29, 1.82) is 0 Å². The number of hydrogen-bond acceptors (Lipinski definition) is 3. The van der Waals surface area contributed by atoms with E-state index in [9.17, 15) is 22.8 Å². The van der Waals surface area contributed by atoms with Gasteiger partial charge in [-0.05, 0) is 49.9 Å². The van der Waals surface area contributed by atoms with Gasteiger partial charge in [0.1, 0.15) is 5.69 Å². The maximum absolute atomic E-state index is 12.8. The monoisotopic (exact) mass is 382 g/mol. The molecule has 1 fully saturated rings. The second kappa shape index (κ2) is 7.25. The summed E-state index contributed by atoms with van der Waals surface area (Å²) in [7, 11) is 0. The van der Waals surface area contributed by atoms with Crippen LogP contribution in [0.3, 0.4) is 0 Å². The van der Waals surface area contributed by atoms with Gasteiger partial charge in [-0.2, -0.15) is 13.2 Å². The smallest absolute Gasteiger partial charge is 0.393 e. The van der Waals surface area contributed by atoms with Crippen molar-refractivity contribution in [2.75, 3.05) is 19.7 Å². The highest BCUT2D eigenvalue weighted by Gasteiger charge is 2.42. The van der Waals surface area contributed by atoms with Gasteiger partial charge in [0, 0.05) is 24.0 Å². The van der Waals surface area contributed by atoms with Crippen LogP contribution in [-0.2, 0) is 9.53 Å². The van der Waals surface area contributed by atoms with E-state index in [0.717, 1.165) is 26.9 Å². The number of likely N-dealkylation sites (tertiary alicyclic amines) is 1. The van der Waals surface area contributed by atoms with Crippen LogP contribution in [0, 0.1) is 19.8 Å². The molecule has 1 aliphatic rings. The number of piperidine rings is 1. The van der Waals surface area contributed by atoms with Crippen LogP contribution in [0.25, 0.3) is 10.9 Å². The van der Waals surface area contributed by atoms with Crippen LogP contribution >= 0.6 is 0 Å². The summed E-state index contributed by atoms with van der Waals surface area (Å²) in [6.45, 7) is 3.15. The minimum absolute atomic E-state index is 0.0148. The molecule has 1 aromatic carbocycles. The molecule has 0 radical (unpaired) electrons. The van der Waals surface area contributed by atoms with Crippen molar-refractivity contribution >= 4 is 22.8 Å². The number of alkyl halides is 3. The predicted molar refractivity (Wildman–Crippen MR) is 93.4 cm³/mol. The van der Waals surface area contributed by atoms with Crippen molar-refractivity contribution in [3.05, 3.63) is 35.0 Å². The molecular formula is C19H21F3N2O3. The molecule has 0 spiro atoms. The number of fused-ring (bicyclic) bond motifs is 1. The molecule has 0 unspecified atom stereocenters. The van der Waals surface area contributed by atoms with Gasteiger partial charge < -0.3 is 14.6 Å². The number of carbonyl (C=O) groups excluding carboxylic acids is 2. The highest BCUT2D eigenvalue weighted by atomic mass is 19.4. The van der Waals surface area contributed by atoms with E-state index in [1.165, 1.54) is 0 Å². The largest absolute Gasteiger partial charge is 0.451 e. The van der Waals surface area contributed by atoms with Crippen molar-refractivity contribution in [3.8, 4) is 0 Å². The SMILES string of the molecule is Cc1cc(C)c2cc(C(=O)OCC(=O)N3CCC[C@@H](C(F)(F)F)C3)[nH]c2c1. The Balaban J connectivity index is 1.62. The summed E-state index contributed by atoms with van der Waals surface area (Å²) in [6.07, 6.45) is -4.03. The Bertz CT molecular complexity index is 873. The van der Waals surface area contributed by atoms with E-state index in [0.29, 0.717) is 0 Å². The number of aromatic nitrogens is 1. The second-order valence-corrected chi connectivity index (χ2v) is 7.02. The normalized spacial score (nSPS) is 18.0. The third-order valence-corrected chi connectivity index (χ3v) is 4.87. The fraction of sp³-hybridized carbons (Fsp3) is 0.474. The number of nitrogens with zero attached hydrogens (tertiary/aromatic N) is 1. The number of hydrogen-bond donors (Lipinski definition) is 1. The number of carbonyl (C=O) groups is 2. The fourth-order valence-corrected chi connectivity index (χ4v) is 3.48. The fourth-order valence-electron chi connectivity index (χ4n) is 3.48. The zero-order chi connectivity index (χ0) is 19.8. The molecule has 1 N–H and O–H groups in total. The van der Waals surface area contributed by atoms with Crippen LogP contribution < -0.4 is 0 Å². The molecule has 3 rings (SSSR count). The number of ether oxygens (including phenoxy) is 1. The Morgan fingerprint density at radius 3 is 2.70 bits per heavy atom. The Morgan fingerprint density at radius 1 is 1.26 bits per heavy atom. The van der Waals surface area contributed by atoms with Gasteiger partial charge in [-0.1, -0.05) is 6.07 Å². The summed E-state index contributed by atoms with van der Waals surface area (Å²) in [4.78, 5) is 28.4. The quantitative estimate of drug-likeness (QED) is 0.823. The minimum Gasteiger partial charge on any atom is -0.451 e. The molecule has 2 heterocycles. The maximum Gasteiger partial charge on any atom is 0.393 e. The first-order chi connectivity index (χ1) is 12.6. The highest BCUT2D eigenvalue weighted by molar-refractivity contribution is 5.97. The number of aromatic amines is 1. The zero-order valence-electron chi connectivity index (χ0n) is 15.2. The van der Waals surface area contributed by atoms with Crippen LogP contribution in [0.5, 0.6) is 0 Å². The van der Waals surface area contributed by atoms with Crippen molar-refractivity contribution in [2.45, 2.75) is 32.9 Å². The van der Waals surface area contributed by atoms with Crippen LogP contribution in [0.2, 0.25) is 0 Å². The van der Waals surface area contributed by atoms with Crippen LogP contribution in [0.15, 0.2) is 18.2 Å². The van der Waals surface area contributed by atoms with Crippen molar-refractivity contribution in [1.82, 2.24) is 9.88 Å². The first-order valence-corrected chi connectivity index (χ1v) is 8.76. The topological polar surface area (TPSA) is 62.4 Å². The van der Waals surface area contributed by atoms with Gasteiger partial charge >= 0.3 is 12.1 Å². The van der Waals surface area contributed by atoms with Gasteiger partial charge in [-0.25, -0.2) is 4.79 Å². The molecule has 146 valence electrons. The van der Waals surface area contributed by atoms with Gasteiger partial charge in [0.15, 0.2) is 6.61 Å². The average molecular weight is 382 g/mol. The molecule has 8 heteroatoms. The Labute approximate surface area is 154 Å². The summed E-state index contributed by atoms with van der Waals surface area (Å²) in [5.74, 6) is -2.84. The first-order valence-electron chi connectivity index (χ1n) is 8.76. The Kier molecular flexibility index (Phi) is 5.17. The van der Waals surface area contributed by atoms with E-state index < -0.39 is 30.6 Å². The van der Waals surface area contributed by atoms with Crippen LogP contribution in [0.4, 0.5) is 13.2 Å². The second-order valence-electron chi connectivity index (χ2n) is 7.02. The molecule has 0 aliphatic carbocycles. The predicted octanol–water partition coefficient (Wildman–Crippen LogP) is 3.74. The van der Waals surface area contributed by atoms with Gasteiger partial charge in [-0.15, -0.1) is 0 Å². The third kappa shape index (κ3) is 4.26. The number of H-pyrrole nitrogens is 1. The highest BCUT2D eigenvalue weighted by Crippen LogP contribution is 2.33. The molecule has 1 aromatic heterocycles. The molecule has 0 bridgehead atoms. The number of benzene rings is 1. The number of rotatable bonds is 3. The maximum atomic E-state index is 12.8. The Hall–Kier alpha value is -2.51. The first kappa shape index (κ1) is 19.3. The lowest BCUT2D eigenvalue weighted by Crippen LogP contribution is -2.46. The summed E-state index contributed by atoms with van der Waals surface area (Å²) in [6, 6.07) is 5.54. The molecule has 2 aromatic rings. The van der Waals surface area contributed by atoms with E-state index in [2.05, 4.69) is 4.98 Å². The lowest BCUT2D eigenvalue weighted by atomic mass is 9.97. The summed E-state index contributed by atoms with van der Waals surface area (Å²) < 4.78 is 43.6. The molecule has 1 aliphatic heterocycles. The molecule has 0 saturated carbocycles. The standard InChI is InChI=1S/C19H21F3N2O3/c1-11-6-12(2)14-8-16(23-15(14)7-11)18(26)27-10-17(25)24-5-3-4-13(9-24)19(20,21)22/h6-8,13,23H,3-5,9-10H2,1-2H3/t13-/m1/s1. The summed E-state index contributed by atoms with van der Waals surface area (Å²) in [5, 5.41) is 0.878. The van der Waals surface area contributed by atoms with Crippen molar-refractivity contribution < 1.29 is 27.5 Å². The number of nitrogens with one attached hydrogen (secondary N) is 1. The van der Waals surface area contributed by atoms with Gasteiger partial charge in [0.05, 0.1) is 5.92 Å².